The standard InChI is InChI=1S/C12H25NO2/c1-9(11(2,3)4)7-10(14)13-8-12(5,6)15/h9,15H,7-8H2,1-6H3,(H,13,14). The number of nitrogens with one attached hydrogen (secondary N) is 1. The molecule has 0 aliphatic rings. The van der Waals surface area contributed by atoms with Crippen molar-refractivity contribution in [2.75, 3.05) is 6.54 Å². The molecule has 0 spiro atoms. The molecule has 2 N–H and O–H groups in total. The lowest BCUT2D eigenvalue weighted by Crippen LogP contribution is -2.39. The van der Waals surface area contributed by atoms with Gasteiger partial charge in [0.2, 0.25) is 5.91 Å². The largest absolute Gasteiger partial charge is 0.389 e. The summed E-state index contributed by atoms with van der Waals surface area (Å²) in [5.74, 6) is 0.346. The predicted molar refractivity (Wildman–Crippen MR) is 62.5 cm³/mol. The van der Waals surface area contributed by atoms with Crippen LogP contribution in [0, 0.1) is 11.3 Å². The molecule has 3 nitrogen and oxygen atoms in total. The third kappa shape index (κ3) is 7.37. The monoisotopic (exact) mass is 215 g/mol. The van der Waals surface area contributed by atoms with Crippen LogP contribution in [0.4, 0.5) is 0 Å². The molecule has 15 heavy (non-hydrogen) atoms. The van der Waals surface area contributed by atoms with E-state index in [4.69, 9.17) is 0 Å². The zero-order chi connectivity index (χ0) is 12.3. The van der Waals surface area contributed by atoms with Crippen LogP contribution in [0.5, 0.6) is 0 Å². The second kappa shape index (κ2) is 4.97. The molecular formula is C12H25NO2. The first-order valence-corrected chi connectivity index (χ1v) is 5.51. The van der Waals surface area contributed by atoms with E-state index in [0.717, 1.165) is 0 Å². The van der Waals surface area contributed by atoms with Gasteiger partial charge in [0.1, 0.15) is 0 Å². The Morgan fingerprint density at radius 1 is 1.27 bits per heavy atom. The SMILES string of the molecule is CC(CC(=O)NCC(C)(C)O)C(C)(C)C. The summed E-state index contributed by atoms with van der Waals surface area (Å²) in [4.78, 5) is 11.5. The molecule has 0 heterocycles. The molecule has 1 amide bonds. The van der Waals surface area contributed by atoms with Gasteiger partial charge in [0.25, 0.3) is 0 Å². The van der Waals surface area contributed by atoms with Crippen molar-refractivity contribution >= 4 is 5.91 Å². The van der Waals surface area contributed by atoms with E-state index < -0.39 is 5.60 Å². The second-order valence-electron chi connectivity index (χ2n) is 6.06. The summed E-state index contributed by atoms with van der Waals surface area (Å²) in [6.07, 6.45) is 0.513. The highest BCUT2D eigenvalue weighted by molar-refractivity contribution is 5.76. The van der Waals surface area contributed by atoms with Crippen molar-refractivity contribution in [2.24, 2.45) is 11.3 Å². The Morgan fingerprint density at radius 3 is 2.07 bits per heavy atom. The summed E-state index contributed by atoms with van der Waals surface area (Å²) in [7, 11) is 0. The first-order valence-electron chi connectivity index (χ1n) is 5.51. The number of rotatable bonds is 4. The molecule has 90 valence electrons. The van der Waals surface area contributed by atoms with Crippen molar-refractivity contribution in [3.63, 3.8) is 0 Å². The first-order chi connectivity index (χ1) is 6.52. The average molecular weight is 215 g/mol. The van der Waals surface area contributed by atoms with E-state index in [-0.39, 0.29) is 11.3 Å². The molecule has 1 unspecified atom stereocenters. The van der Waals surface area contributed by atoms with Crippen molar-refractivity contribution in [2.45, 2.75) is 53.6 Å². The van der Waals surface area contributed by atoms with E-state index >= 15 is 0 Å². The van der Waals surface area contributed by atoms with Gasteiger partial charge in [-0.1, -0.05) is 27.7 Å². The van der Waals surface area contributed by atoms with Crippen LogP contribution in [-0.2, 0) is 4.79 Å². The molecule has 1 atom stereocenters. The molecule has 0 aliphatic heterocycles. The van der Waals surface area contributed by atoms with Crippen LogP contribution in [0.2, 0.25) is 0 Å². The van der Waals surface area contributed by atoms with Gasteiger partial charge in [0, 0.05) is 13.0 Å². The van der Waals surface area contributed by atoms with Crippen LogP contribution in [0.1, 0.15) is 48.0 Å². The third-order valence-corrected chi connectivity index (χ3v) is 2.69. The first kappa shape index (κ1) is 14.4. The lowest BCUT2D eigenvalue weighted by molar-refractivity contribution is -0.123. The van der Waals surface area contributed by atoms with Gasteiger partial charge in [-0.05, 0) is 25.2 Å². The van der Waals surface area contributed by atoms with E-state index in [2.05, 4.69) is 33.0 Å². The molecule has 0 rings (SSSR count). The molecule has 0 saturated heterocycles. The van der Waals surface area contributed by atoms with Gasteiger partial charge in [-0.2, -0.15) is 0 Å². The molecule has 0 fully saturated rings. The molecule has 3 heteroatoms. The Hall–Kier alpha value is -0.570. The molecule has 0 aromatic heterocycles. The van der Waals surface area contributed by atoms with Crippen molar-refractivity contribution in [3.8, 4) is 0 Å². The van der Waals surface area contributed by atoms with E-state index in [0.29, 0.717) is 18.9 Å². The quantitative estimate of drug-likeness (QED) is 0.753. The molecule has 0 radical (unpaired) electrons. The number of amides is 1. The Bertz CT molecular complexity index is 211. The fraction of sp³-hybridized carbons (Fsp3) is 0.917. The van der Waals surface area contributed by atoms with Crippen LogP contribution in [0.3, 0.4) is 0 Å². The lowest BCUT2D eigenvalue weighted by Gasteiger charge is -2.27. The zero-order valence-electron chi connectivity index (χ0n) is 10.8. The van der Waals surface area contributed by atoms with Crippen molar-refractivity contribution < 1.29 is 9.90 Å². The van der Waals surface area contributed by atoms with Gasteiger partial charge in [0.05, 0.1) is 5.60 Å². The van der Waals surface area contributed by atoms with Crippen LogP contribution < -0.4 is 5.32 Å². The van der Waals surface area contributed by atoms with E-state index in [9.17, 15) is 9.90 Å². The van der Waals surface area contributed by atoms with Crippen molar-refractivity contribution in [3.05, 3.63) is 0 Å². The maximum absolute atomic E-state index is 11.5. The minimum Gasteiger partial charge on any atom is -0.389 e. The second-order valence-corrected chi connectivity index (χ2v) is 6.06. The topological polar surface area (TPSA) is 49.3 Å². The van der Waals surface area contributed by atoms with E-state index in [1.165, 1.54) is 0 Å². The Balaban J connectivity index is 3.96. The summed E-state index contributed by atoms with van der Waals surface area (Å²) in [5.41, 5.74) is -0.688. The van der Waals surface area contributed by atoms with Crippen LogP contribution in [-0.4, -0.2) is 23.2 Å². The number of carbonyl (C=O) groups excluding carboxylic acids is 1. The summed E-state index contributed by atoms with van der Waals surface area (Å²) in [5, 5.41) is 12.2. The predicted octanol–water partition coefficient (Wildman–Crippen LogP) is 1.95. The average Bonchev–Trinajstić information content (AvgIpc) is 1.97. The van der Waals surface area contributed by atoms with Gasteiger partial charge < -0.3 is 10.4 Å². The van der Waals surface area contributed by atoms with Gasteiger partial charge in [-0.25, -0.2) is 0 Å². The van der Waals surface area contributed by atoms with Crippen LogP contribution in [0.25, 0.3) is 0 Å². The van der Waals surface area contributed by atoms with E-state index in [1.54, 1.807) is 13.8 Å². The molecule has 0 aliphatic carbocycles. The van der Waals surface area contributed by atoms with E-state index in [1.807, 2.05) is 0 Å². The Labute approximate surface area is 93.3 Å². The number of hydrogen-bond donors (Lipinski definition) is 2. The Kier molecular flexibility index (Phi) is 4.78. The summed E-state index contributed by atoms with van der Waals surface area (Å²) >= 11 is 0. The maximum Gasteiger partial charge on any atom is 0.220 e. The highest BCUT2D eigenvalue weighted by Crippen LogP contribution is 2.27. The number of carbonyl (C=O) groups is 1. The minimum atomic E-state index is -0.833. The van der Waals surface area contributed by atoms with Crippen molar-refractivity contribution in [1.29, 1.82) is 0 Å². The number of hydrogen-bond acceptors (Lipinski definition) is 2. The van der Waals surface area contributed by atoms with Gasteiger partial charge >= 0.3 is 0 Å². The number of aliphatic hydroxyl groups is 1. The highest BCUT2D eigenvalue weighted by Gasteiger charge is 2.23. The Morgan fingerprint density at radius 2 is 1.73 bits per heavy atom. The van der Waals surface area contributed by atoms with Crippen molar-refractivity contribution in [1.82, 2.24) is 5.32 Å². The molecule has 0 saturated carbocycles. The summed E-state index contributed by atoms with van der Waals surface area (Å²) in [6, 6.07) is 0. The third-order valence-electron chi connectivity index (χ3n) is 2.69. The zero-order valence-corrected chi connectivity index (χ0v) is 10.8. The van der Waals surface area contributed by atoms with Gasteiger partial charge in [-0.3, -0.25) is 4.79 Å². The fourth-order valence-electron chi connectivity index (χ4n) is 0.971. The fourth-order valence-corrected chi connectivity index (χ4v) is 0.971. The molecule has 0 aromatic carbocycles. The summed E-state index contributed by atoms with van der Waals surface area (Å²) in [6.45, 7) is 12.1. The molecule has 0 aromatic rings. The normalized spacial score (nSPS) is 14.9. The van der Waals surface area contributed by atoms with Gasteiger partial charge in [-0.15, -0.1) is 0 Å². The smallest absolute Gasteiger partial charge is 0.220 e. The highest BCUT2D eigenvalue weighted by atomic mass is 16.3. The van der Waals surface area contributed by atoms with Gasteiger partial charge in [0.15, 0.2) is 0 Å². The molecule has 0 bridgehead atoms. The van der Waals surface area contributed by atoms with Crippen LogP contribution in [0.15, 0.2) is 0 Å². The maximum atomic E-state index is 11.5. The minimum absolute atomic E-state index is 0.0135. The lowest BCUT2D eigenvalue weighted by atomic mass is 9.80. The molecular weight excluding hydrogens is 190 g/mol. The van der Waals surface area contributed by atoms with Crippen LogP contribution >= 0.6 is 0 Å². The summed E-state index contributed by atoms with van der Waals surface area (Å²) < 4.78 is 0.